The van der Waals surface area contributed by atoms with Gasteiger partial charge in [0.15, 0.2) is 18.8 Å². The fraction of sp³-hybridized carbons (Fsp3) is 0.261. The maximum absolute atomic E-state index is 14.9. The molecule has 33 heavy (non-hydrogen) atoms. The van der Waals surface area contributed by atoms with Crippen LogP contribution in [0.4, 0.5) is 30.5 Å². The summed E-state index contributed by atoms with van der Waals surface area (Å²) >= 11 is 0. The first-order valence-corrected chi connectivity index (χ1v) is 10.4. The normalized spacial score (nSPS) is 12.2. The van der Waals surface area contributed by atoms with E-state index < -0.39 is 13.0 Å². The highest BCUT2D eigenvalue weighted by Gasteiger charge is 2.18. The zero-order valence-corrected chi connectivity index (χ0v) is 18.5. The lowest BCUT2D eigenvalue weighted by molar-refractivity contribution is 0.279. The average Bonchev–Trinajstić information content (AvgIpc) is 3.22. The minimum absolute atomic E-state index is 0.0384. The third kappa shape index (κ3) is 4.47. The van der Waals surface area contributed by atoms with Crippen molar-refractivity contribution in [2.45, 2.75) is 19.9 Å². The summed E-state index contributed by atoms with van der Waals surface area (Å²) in [4.78, 5) is 8.49. The molecule has 3 N–H and O–H groups in total. The smallest absolute Gasteiger partial charge is 0.181 e. The maximum atomic E-state index is 14.9. The van der Waals surface area contributed by atoms with E-state index in [0.717, 1.165) is 21.3 Å². The highest BCUT2D eigenvalue weighted by atomic mass is 19.1. The van der Waals surface area contributed by atoms with Crippen LogP contribution in [-0.2, 0) is 6.80 Å². The van der Waals surface area contributed by atoms with Crippen LogP contribution in [0.2, 0.25) is 0 Å². The molecule has 0 fully saturated rings. The molecule has 7 nitrogen and oxygen atoms in total. The Labute approximate surface area is 189 Å². The van der Waals surface area contributed by atoms with Gasteiger partial charge in [0, 0.05) is 48.6 Å². The summed E-state index contributed by atoms with van der Waals surface area (Å²) < 4.78 is 43.5. The lowest BCUT2D eigenvalue weighted by Crippen LogP contribution is -2.16. The second kappa shape index (κ2) is 9.45. The van der Waals surface area contributed by atoms with Gasteiger partial charge in [0.05, 0.1) is 17.6 Å². The molecule has 1 unspecified atom stereocenters. The summed E-state index contributed by atoms with van der Waals surface area (Å²) in [6.45, 7) is 0.988. The molecule has 0 aliphatic carbocycles. The van der Waals surface area contributed by atoms with E-state index in [1.165, 1.54) is 18.3 Å². The standard InChI is InChI=1S/C23H24F3N7/c1-13-17(9-29-11-20(13)28-3)16-4-14-6-22(30-8-15(14)5-18(16)25)31-23-7-21(19(26)10-27-2)33(12-24)32-23/h4-9,11,19,27-28H,10,12H2,1-3H3,(H,30,31,32). The van der Waals surface area contributed by atoms with Gasteiger partial charge in [0.2, 0.25) is 0 Å². The van der Waals surface area contributed by atoms with Gasteiger partial charge in [-0.15, -0.1) is 0 Å². The van der Waals surface area contributed by atoms with Gasteiger partial charge in [-0.05, 0) is 43.1 Å². The molecular formula is C23H24F3N7. The number of likely N-dealkylation sites (N-methyl/N-ethyl adjacent to an activating group) is 1. The van der Waals surface area contributed by atoms with Gasteiger partial charge in [-0.2, -0.15) is 5.10 Å². The summed E-state index contributed by atoms with van der Waals surface area (Å²) in [5, 5.41) is 14.2. The Morgan fingerprint density at radius 1 is 1.00 bits per heavy atom. The Balaban J connectivity index is 1.70. The molecule has 3 aromatic heterocycles. The Morgan fingerprint density at radius 2 is 1.82 bits per heavy atom. The van der Waals surface area contributed by atoms with E-state index in [-0.39, 0.29) is 23.9 Å². The van der Waals surface area contributed by atoms with Crippen LogP contribution in [-0.4, -0.2) is 40.4 Å². The van der Waals surface area contributed by atoms with E-state index in [9.17, 15) is 13.2 Å². The van der Waals surface area contributed by atoms with Gasteiger partial charge < -0.3 is 16.0 Å². The first-order chi connectivity index (χ1) is 15.9. The zero-order chi connectivity index (χ0) is 23.5. The molecule has 172 valence electrons. The summed E-state index contributed by atoms with van der Waals surface area (Å²) in [7, 11) is 3.40. The molecule has 0 saturated carbocycles. The summed E-state index contributed by atoms with van der Waals surface area (Å²) in [5.41, 5.74) is 2.90. The molecule has 0 aliphatic heterocycles. The summed E-state index contributed by atoms with van der Waals surface area (Å²) in [6, 6.07) is 6.34. The fourth-order valence-electron chi connectivity index (χ4n) is 3.74. The number of anilines is 3. The Kier molecular flexibility index (Phi) is 6.45. The van der Waals surface area contributed by atoms with Crippen LogP contribution in [0.1, 0.15) is 17.4 Å². The molecule has 4 aromatic rings. The number of fused-ring (bicyclic) bond motifs is 1. The molecule has 4 rings (SSSR count). The molecule has 0 spiro atoms. The van der Waals surface area contributed by atoms with Crippen LogP contribution in [0.15, 0.2) is 42.9 Å². The van der Waals surface area contributed by atoms with Crippen molar-refractivity contribution in [2.24, 2.45) is 0 Å². The molecule has 3 heterocycles. The van der Waals surface area contributed by atoms with Crippen molar-refractivity contribution in [3.63, 3.8) is 0 Å². The number of nitrogens with zero attached hydrogens (tertiary/aromatic N) is 4. The predicted molar refractivity (Wildman–Crippen MR) is 124 cm³/mol. The summed E-state index contributed by atoms with van der Waals surface area (Å²) in [5.74, 6) is 0.295. The lowest BCUT2D eigenvalue weighted by atomic mass is 9.98. The van der Waals surface area contributed by atoms with Crippen LogP contribution in [0.3, 0.4) is 0 Å². The topological polar surface area (TPSA) is 79.7 Å². The molecule has 1 aromatic carbocycles. The van der Waals surface area contributed by atoms with Gasteiger partial charge in [-0.1, -0.05) is 0 Å². The average molecular weight is 455 g/mol. The SMILES string of the molecule is CNCC(F)c1cc(Nc2cc3cc(-c4cncc(NC)c4C)c(F)cc3cn2)nn1CF. The predicted octanol–water partition coefficient (Wildman–Crippen LogP) is 4.88. The monoisotopic (exact) mass is 455 g/mol. The number of pyridine rings is 2. The number of aromatic nitrogens is 4. The number of hydrogen-bond acceptors (Lipinski definition) is 6. The minimum Gasteiger partial charge on any atom is -0.387 e. The van der Waals surface area contributed by atoms with Crippen LogP contribution in [0, 0.1) is 12.7 Å². The second-order valence-electron chi connectivity index (χ2n) is 7.58. The Hall–Kier alpha value is -3.66. The van der Waals surface area contributed by atoms with E-state index in [0.29, 0.717) is 22.3 Å². The molecule has 0 radical (unpaired) electrons. The van der Waals surface area contributed by atoms with E-state index in [4.69, 9.17) is 0 Å². The first-order valence-electron chi connectivity index (χ1n) is 10.4. The van der Waals surface area contributed by atoms with Crippen LogP contribution in [0.5, 0.6) is 0 Å². The van der Waals surface area contributed by atoms with E-state index >= 15 is 0 Å². The van der Waals surface area contributed by atoms with Crippen molar-refractivity contribution in [1.82, 2.24) is 25.1 Å². The number of rotatable bonds is 8. The van der Waals surface area contributed by atoms with E-state index in [1.54, 1.807) is 38.6 Å². The zero-order valence-electron chi connectivity index (χ0n) is 18.5. The fourth-order valence-corrected chi connectivity index (χ4v) is 3.74. The molecule has 0 amide bonds. The highest BCUT2D eigenvalue weighted by molar-refractivity contribution is 5.90. The third-order valence-electron chi connectivity index (χ3n) is 5.47. The Morgan fingerprint density at radius 3 is 2.55 bits per heavy atom. The van der Waals surface area contributed by atoms with Gasteiger partial charge in [0.1, 0.15) is 11.6 Å². The largest absolute Gasteiger partial charge is 0.387 e. The second-order valence-corrected chi connectivity index (χ2v) is 7.58. The van der Waals surface area contributed by atoms with Crippen LogP contribution >= 0.6 is 0 Å². The molecule has 0 bridgehead atoms. The quantitative estimate of drug-likeness (QED) is 0.351. The highest BCUT2D eigenvalue weighted by Crippen LogP contribution is 2.33. The number of halogens is 3. The van der Waals surface area contributed by atoms with Crippen molar-refractivity contribution >= 4 is 28.1 Å². The van der Waals surface area contributed by atoms with Gasteiger partial charge in [-0.25, -0.2) is 22.8 Å². The van der Waals surface area contributed by atoms with Crippen molar-refractivity contribution < 1.29 is 13.2 Å². The molecular weight excluding hydrogens is 431 g/mol. The number of benzene rings is 1. The van der Waals surface area contributed by atoms with E-state index in [1.807, 2.05) is 6.92 Å². The van der Waals surface area contributed by atoms with Crippen LogP contribution < -0.4 is 16.0 Å². The lowest BCUT2D eigenvalue weighted by Gasteiger charge is -2.12. The third-order valence-corrected chi connectivity index (χ3v) is 5.47. The van der Waals surface area contributed by atoms with Crippen molar-refractivity contribution in [1.29, 1.82) is 0 Å². The maximum Gasteiger partial charge on any atom is 0.181 e. The minimum atomic E-state index is -1.41. The Bertz CT molecular complexity index is 1290. The molecule has 1 atom stereocenters. The van der Waals surface area contributed by atoms with Gasteiger partial charge in [0.25, 0.3) is 0 Å². The van der Waals surface area contributed by atoms with Crippen molar-refractivity contribution in [3.05, 3.63) is 59.9 Å². The number of alkyl halides is 2. The number of nitrogens with one attached hydrogen (secondary N) is 3. The van der Waals surface area contributed by atoms with Crippen molar-refractivity contribution in [3.8, 4) is 11.1 Å². The van der Waals surface area contributed by atoms with Crippen LogP contribution in [0.25, 0.3) is 21.9 Å². The number of hydrogen-bond donors (Lipinski definition) is 3. The van der Waals surface area contributed by atoms with Crippen molar-refractivity contribution in [2.75, 3.05) is 31.3 Å². The molecule has 0 saturated heterocycles. The van der Waals surface area contributed by atoms with E-state index in [2.05, 4.69) is 31.0 Å². The van der Waals surface area contributed by atoms with Gasteiger partial charge in [-0.3, -0.25) is 4.98 Å². The van der Waals surface area contributed by atoms with Gasteiger partial charge >= 0.3 is 0 Å². The summed E-state index contributed by atoms with van der Waals surface area (Å²) in [6.07, 6.45) is 3.44. The first kappa shape index (κ1) is 22.5. The molecule has 0 aliphatic rings. The molecule has 10 heteroatoms.